The number of amides is 2. The number of urea groups is 1. The highest BCUT2D eigenvalue weighted by atomic mass is 79.9. The van der Waals surface area contributed by atoms with Crippen LogP contribution in [0.1, 0.15) is 5.69 Å². The molecule has 6 nitrogen and oxygen atoms in total. The number of halogens is 2. The summed E-state index contributed by atoms with van der Waals surface area (Å²) in [6.07, 6.45) is 1.54. The molecule has 0 aliphatic heterocycles. The third-order valence-corrected chi connectivity index (χ3v) is 3.24. The van der Waals surface area contributed by atoms with Gasteiger partial charge in [0.15, 0.2) is 0 Å². The molecule has 94 valence electrons. The Kier molecular flexibility index (Phi) is 3.83. The Bertz CT molecular complexity index is 572. The summed E-state index contributed by atoms with van der Waals surface area (Å²) in [6.45, 7) is 1.75. The largest absolute Gasteiger partial charge is 0.324 e. The number of nitrogens with one attached hydrogen (secondary N) is 3. The zero-order valence-corrected chi connectivity index (χ0v) is 11.6. The van der Waals surface area contributed by atoms with E-state index in [-0.39, 0.29) is 0 Å². The Morgan fingerprint density at radius 1 is 1.50 bits per heavy atom. The van der Waals surface area contributed by atoms with Gasteiger partial charge in [-0.2, -0.15) is 5.10 Å². The molecule has 0 spiro atoms. The summed E-state index contributed by atoms with van der Waals surface area (Å²) in [4.78, 5) is 15.8. The number of aryl methyl sites for hydroxylation is 1. The molecule has 2 aromatic heterocycles. The van der Waals surface area contributed by atoms with Gasteiger partial charge in [0, 0.05) is 6.07 Å². The Labute approximate surface area is 116 Å². The van der Waals surface area contributed by atoms with Crippen molar-refractivity contribution >= 4 is 45.1 Å². The lowest BCUT2D eigenvalue weighted by atomic mass is 10.3. The molecule has 2 heterocycles. The summed E-state index contributed by atoms with van der Waals surface area (Å²) in [5, 5.41) is 12.0. The molecule has 18 heavy (non-hydrogen) atoms. The SMILES string of the molecule is Cc1nc(Cl)c(Br)cc1NC(=O)Nc1ccn[nH]1. The summed E-state index contributed by atoms with van der Waals surface area (Å²) < 4.78 is 0.617. The molecule has 0 saturated carbocycles. The highest BCUT2D eigenvalue weighted by Gasteiger charge is 2.09. The van der Waals surface area contributed by atoms with Crippen LogP contribution in [0.25, 0.3) is 0 Å². The van der Waals surface area contributed by atoms with Crippen molar-refractivity contribution in [3.05, 3.63) is 33.6 Å². The predicted molar refractivity (Wildman–Crippen MR) is 72.9 cm³/mol. The van der Waals surface area contributed by atoms with Gasteiger partial charge in [-0.3, -0.25) is 10.4 Å². The van der Waals surface area contributed by atoms with Gasteiger partial charge in [-0.1, -0.05) is 11.6 Å². The fourth-order valence-corrected chi connectivity index (χ4v) is 1.78. The first-order valence-corrected chi connectivity index (χ1v) is 6.13. The maximum absolute atomic E-state index is 11.7. The van der Waals surface area contributed by atoms with E-state index in [9.17, 15) is 4.79 Å². The molecule has 0 bridgehead atoms. The highest BCUT2D eigenvalue weighted by Crippen LogP contribution is 2.25. The van der Waals surface area contributed by atoms with Crippen LogP contribution in [-0.4, -0.2) is 21.2 Å². The van der Waals surface area contributed by atoms with Gasteiger partial charge in [0.1, 0.15) is 11.0 Å². The molecule has 0 unspecified atom stereocenters. The van der Waals surface area contributed by atoms with E-state index in [1.807, 2.05) is 0 Å². The normalized spacial score (nSPS) is 10.2. The summed E-state index contributed by atoms with van der Waals surface area (Å²) in [5.41, 5.74) is 1.20. The Hall–Kier alpha value is -1.60. The lowest BCUT2D eigenvalue weighted by molar-refractivity contribution is 0.262. The number of aromatic amines is 1. The van der Waals surface area contributed by atoms with Crippen molar-refractivity contribution in [2.45, 2.75) is 6.92 Å². The van der Waals surface area contributed by atoms with Crippen LogP contribution in [0.4, 0.5) is 16.3 Å². The Balaban J connectivity index is 2.09. The molecule has 3 N–H and O–H groups in total. The topological polar surface area (TPSA) is 82.7 Å². The minimum atomic E-state index is -0.390. The number of carbonyl (C=O) groups is 1. The van der Waals surface area contributed by atoms with Gasteiger partial charge < -0.3 is 5.32 Å². The minimum Gasteiger partial charge on any atom is -0.306 e. The quantitative estimate of drug-likeness (QED) is 0.740. The molecule has 0 aliphatic carbocycles. The van der Waals surface area contributed by atoms with Crippen molar-refractivity contribution in [3.8, 4) is 0 Å². The number of rotatable bonds is 2. The molecule has 0 atom stereocenters. The van der Waals surface area contributed by atoms with Crippen molar-refractivity contribution in [1.82, 2.24) is 15.2 Å². The first-order chi connectivity index (χ1) is 8.56. The zero-order chi connectivity index (χ0) is 13.1. The number of pyridine rings is 1. The number of hydrogen-bond acceptors (Lipinski definition) is 3. The lowest BCUT2D eigenvalue weighted by Gasteiger charge is -2.09. The number of aromatic nitrogens is 3. The van der Waals surface area contributed by atoms with Crippen molar-refractivity contribution < 1.29 is 4.79 Å². The molecule has 0 radical (unpaired) electrons. The van der Waals surface area contributed by atoms with Crippen LogP contribution < -0.4 is 10.6 Å². The zero-order valence-electron chi connectivity index (χ0n) is 9.29. The summed E-state index contributed by atoms with van der Waals surface area (Å²) >= 11 is 9.09. The highest BCUT2D eigenvalue weighted by molar-refractivity contribution is 9.10. The minimum absolute atomic E-state index is 0.354. The van der Waals surface area contributed by atoms with Gasteiger partial charge >= 0.3 is 6.03 Å². The first kappa shape index (κ1) is 12.8. The van der Waals surface area contributed by atoms with Crippen molar-refractivity contribution in [1.29, 1.82) is 0 Å². The monoisotopic (exact) mass is 329 g/mol. The van der Waals surface area contributed by atoms with E-state index in [0.29, 0.717) is 26.8 Å². The molecule has 2 rings (SSSR count). The van der Waals surface area contributed by atoms with E-state index in [4.69, 9.17) is 11.6 Å². The first-order valence-electron chi connectivity index (χ1n) is 4.96. The summed E-state index contributed by atoms with van der Waals surface area (Å²) in [6, 6.07) is 2.94. The fourth-order valence-electron chi connectivity index (χ4n) is 1.28. The second kappa shape index (κ2) is 5.36. The van der Waals surface area contributed by atoms with Crippen LogP contribution in [0.3, 0.4) is 0 Å². The van der Waals surface area contributed by atoms with E-state index in [1.54, 1.807) is 25.3 Å². The molecule has 0 aromatic carbocycles. The van der Waals surface area contributed by atoms with Crippen LogP contribution >= 0.6 is 27.5 Å². The molecular weight excluding hydrogens is 322 g/mol. The summed E-state index contributed by atoms with van der Waals surface area (Å²) in [5.74, 6) is 0.506. The maximum atomic E-state index is 11.7. The van der Waals surface area contributed by atoms with Gasteiger partial charge in [-0.05, 0) is 28.9 Å². The van der Waals surface area contributed by atoms with Crippen LogP contribution in [0.15, 0.2) is 22.8 Å². The molecule has 2 amide bonds. The number of carbonyl (C=O) groups excluding carboxylic acids is 1. The molecule has 0 aliphatic rings. The average molecular weight is 331 g/mol. The Morgan fingerprint density at radius 3 is 2.94 bits per heavy atom. The van der Waals surface area contributed by atoms with Gasteiger partial charge in [0.2, 0.25) is 0 Å². The van der Waals surface area contributed by atoms with Gasteiger partial charge in [0.05, 0.1) is 22.1 Å². The Morgan fingerprint density at radius 2 is 2.28 bits per heavy atom. The van der Waals surface area contributed by atoms with Crippen molar-refractivity contribution in [3.63, 3.8) is 0 Å². The smallest absolute Gasteiger partial charge is 0.306 e. The van der Waals surface area contributed by atoms with Gasteiger partial charge in [-0.15, -0.1) is 0 Å². The maximum Gasteiger partial charge on any atom is 0.324 e. The van der Waals surface area contributed by atoms with E-state index < -0.39 is 6.03 Å². The molecular formula is C10H9BrClN5O. The molecule has 0 fully saturated rings. The van der Waals surface area contributed by atoms with Crippen molar-refractivity contribution in [2.24, 2.45) is 0 Å². The van der Waals surface area contributed by atoms with Crippen molar-refractivity contribution in [2.75, 3.05) is 10.6 Å². The average Bonchev–Trinajstić information content (AvgIpc) is 2.78. The number of anilines is 2. The lowest BCUT2D eigenvalue weighted by Crippen LogP contribution is -2.20. The summed E-state index contributed by atoms with van der Waals surface area (Å²) in [7, 11) is 0. The van der Waals surface area contributed by atoms with E-state index >= 15 is 0 Å². The van der Waals surface area contributed by atoms with Crippen LogP contribution in [0.2, 0.25) is 5.15 Å². The number of nitrogens with zero attached hydrogens (tertiary/aromatic N) is 2. The molecule has 8 heteroatoms. The van der Waals surface area contributed by atoms with E-state index in [0.717, 1.165) is 0 Å². The predicted octanol–water partition coefficient (Wildman–Crippen LogP) is 3.17. The van der Waals surface area contributed by atoms with Crippen LogP contribution in [-0.2, 0) is 0 Å². The fraction of sp³-hybridized carbons (Fsp3) is 0.100. The third-order valence-electron chi connectivity index (χ3n) is 2.12. The van der Waals surface area contributed by atoms with E-state index in [1.165, 1.54) is 0 Å². The molecule has 2 aromatic rings. The van der Waals surface area contributed by atoms with Gasteiger partial charge in [-0.25, -0.2) is 9.78 Å². The van der Waals surface area contributed by atoms with Gasteiger partial charge in [0.25, 0.3) is 0 Å². The van der Waals surface area contributed by atoms with Crippen LogP contribution in [0.5, 0.6) is 0 Å². The second-order valence-electron chi connectivity index (χ2n) is 3.44. The van der Waals surface area contributed by atoms with E-state index in [2.05, 4.69) is 41.7 Å². The van der Waals surface area contributed by atoms with Crippen LogP contribution in [0, 0.1) is 6.92 Å². The standard InChI is InChI=1S/C10H9BrClN5O/c1-5-7(4-6(11)9(12)14-5)15-10(18)16-8-2-3-13-17-8/h2-4H,1H3,(H3,13,15,16,17,18). The number of H-pyrrole nitrogens is 1. The number of hydrogen-bond donors (Lipinski definition) is 3. The molecule has 0 saturated heterocycles. The third kappa shape index (κ3) is 2.99. The second-order valence-corrected chi connectivity index (χ2v) is 4.66.